The molecular weight excluding hydrogens is 243 g/mol. The summed E-state index contributed by atoms with van der Waals surface area (Å²) in [6.07, 6.45) is 0. The zero-order valence-corrected chi connectivity index (χ0v) is 8.47. The van der Waals surface area contributed by atoms with Crippen molar-refractivity contribution < 1.29 is 50.1 Å². The molecule has 0 saturated heterocycles. The van der Waals surface area contributed by atoms with Gasteiger partial charge in [0.15, 0.2) is 0 Å². The second-order valence-electron chi connectivity index (χ2n) is 1.06. The summed E-state index contributed by atoms with van der Waals surface area (Å²) in [6, 6.07) is 0. The van der Waals surface area contributed by atoms with Crippen LogP contribution in [0.1, 0.15) is 0 Å². The molecule has 1 radical (unpaired) electrons. The van der Waals surface area contributed by atoms with Crippen molar-refractivity contribution in [1.82, 2.24) is 6.15 Å². The van der Waals surface area contributed by atoms with E-state index >= 15 is 0 Å². The fraction of sp³-hybridized carbons (Fsp3) is 0. The fourth-order valence-corrected chi connectivity index (χ4v) is 1.25. The molecule has 0 saturated carbocycles. The Morgan fingerprint density at radius 1 is 0.909 bits per heavy atom. The molecule has 0 bridgehead atoms. The Kier molecular flexibility index (Phi) is 8.70. The molecule has 7 N–H and O–H groups in total. The summed E-state index contributed by atoms with van der Waals surface area (Å²) in [7, 11) is -10.1. The first kappa shape index (κ1) is 17.7. The first-order chi connectivity index (χ1) is 3.71. The molecule has 0 aliphatic carbocycles. The SMILES string of the molecule is N.O=P(O)(O)OP(=O)(O)O.[MnH3]. The van der Waals surface area contributed by atoms with Crippen molar-refractivity contribution in [2.75, 3.05) is 0 Å². The van der Waals surface area contributed by atoms with Gasteiger partial charge in [0.25, 0.3) is 0 Å². The minimum atomic E-state index is -5.05. The molecule has 0 aromatic rings. The van der Waals surface area contributed by atoms with Crippen LogP contribution in [0.2, 0.25) is 0 Å². The van der Waals surface area contributed by atoms with Gasteiger partial charge in [-0.25, -0.2) is 9.13 Å². The normalized spacial score (nSPS) is 11.3. The second kappa shape index (κ2) is 5.40. The summed E-state index contributed by atoms with van der Waals surface area (Å²) < 4.78 is 22.2. The molecule has 11 heteroatoms. The van der Waals surface area contributed by atoms with Gasteiger partial charge in [0.05, 0.1) is 0 Å². The van der Waals surface area contributed by atoms with Gasteiger partial charge in [-0.1, -0.05) is 0 Å². The molecule has 0 spiro atoms. The Labute approximate surface area is 72.5 Å². The molecule has 11 heavy (non-hydrogen) atoms. The maximum atomic E-state index is 9.63. The molecule has 8 nitrogen and oxygen atoms in total. The van der Waals surface area contributed by atoms with Crippen LogP contribution >= 0.6 is 15.6 Å². The molecule has 0 aliphatic rings. The minimum absolute atomic E-state index is 0. The first-order valence-electron chi connectivity index (χ1n) is 1.53. The first-order valence-corrected chi connectivity index (χ1v) is 4.59. The monoisotopic (exact) mass is 253 g/mol. The summed E-state index contributed by atoms with van der Waals surface area (Å²) in [5.74, 6) is 0. The van der Waals surface area contributed by atoms with Crippen LogP contribution in [0.4, 0.5) is 0 Å². The van der Waals surface area contributed by atoms with E-state index in [1.165, 1.54) is 0 Å². The summed E-state index contributed by atoms with van der Waals surface area (Å²) in [6.45, 7) is 0. The average Bonchev–Trinajstić information content (AvgIpc) is 1.14. The van der Waals surface area contributed by atoms with Crippen molar-refractivity contribution in [3.8, 4) is 0 Å². The third-order valence-electron chi connectivity index (χ3n) is 0.213. The summed E-state index contributed by atoms with van der Waals surface area (Å²) >= 11 is 0. The standard InChI is InChI=1S/Mn.H3N.H4O7P2.3H/c;;1-8(2,3)7-9(4,5)6;;;/h;1H3;(H2,1,2,3)(H2,4,5,6);;;. The van der Waals surface area contributed by atoms with E-state index in [4.69, 9.17) is 19.6 Å². The van der Waals surface area contributed by atoms with Crippen molar-refractivity contribution in [1.29, 1.82) is 0 Å². The van der Waals surface area contributed by atoms with Gasteiger partial charge in [0, 0.05) is 0 Å². The molecule has 74 valence electrons. The predicted octanol–water partition coefficient (Wildman–Crippen LogP) is -1.46. The Bertz CT molecular complexity index is 157. The summed E-state index contributed by atoms with van der Waals surface area (Å²) in [5.41, 5.74) is 0. The van der Waals surface area contributed by atoms with Crippen LogP contribution in [0.15, 0.2) is 0 Å². The molecule has 0 aromatic carbocycles. The Morgan fingerprint density at radius 3 is 1.09 bits per heavy atom. The van der Waals surface area contributed by atoms with Gasteiger partial charge in [-0.15, -0.1) is 0 Å². The number of hydrogen-bond acceptors (Lipinski definition) is 4. The van der Waals surface area contributed by atoms with Crippen LogP contribution in [0.5, 0.6) is 0 Å². The van der Waals surface area contributed by atoms with Crippen LogP contribution in [-0.2, 0) is 30.5 Å². The molecule has 0 amide bonds. The van der Waals surface area contributed by atoms with Gasteiger partial charge in [-0.3, -0.25) is 0 Å². The molecule has 0 unspecified atom stereocenters. The zero-order chi connectivity index (χ0) is 7.71. The van der Waals surface area contributed by atoms with Crippen molar-refractivity contribution >= 4 is 15.6 Å². The van der Waals surface area contributed by atoms with E-state index in [9.17, 15) is 9.13 Å². The van der Waals surface area contributed by atoms with Crippen molar-refractivity contribution in [2.24, 2.45) is 0 Å². The molecule has 0 atom stereocenters. The van der Waals surface area contributed by atoms with E-state index in [0.29, 0.717) is 0 Å². The van der Waals surface area contributed by atoms with E-state index < -0.39 is 15.6 Å². The number of phosphoric acid groups is 2. The molecular formula is H10MnNO7P2. The molecule has 0 heterocycles. The van der Waals surface area contributed by atoms with Gasteiger partial charge in [0.2, 0.25) is 0 Å². The Morgan fingerprint density at radius 2 is 1.09 bits per heavy atom. The van der Waals surface area contributed by atoms with Crippen molar-refractivity contribution in [2.45, 2.75) is 0 Å². The third kappa shape index (κ3) is 18.1. The van der Waals surface area contributed by atoms with Crippen LogP contribution in [0.3, 0.4) is 0 Å². The average molecular weight is 253 g/mol. The van der Waals surface area contributed by atoms with E-state index in [1.54, 1.807) is 0 Å². The quantitative estimate of drug-likeness (QED) is 0.295. The zero-order valence-electron chi connectivity index (χ0n) is 5.12. The van der Waals surface area contributed by atoms with Crippen molar-refractivity contribution in [3.63, 3.8) is 0 Å². The Hall–Kier alpha value is 0.739. The summed E-state index contributed by atoms with van der Waals surface area (Å²) in [4.78, 5) is 31.0. The van der Waals surface area contributed by atoms with Gasteiger partial charge in [0.1, 0.15) is 0 Å². The number of rotatable bonds is 2. The van der Waals surface area contributed by atoms with E-state index in [-0.39, 0.29) is 23.2 Å². The van der Waals surface area contributed by atoms with Crippen LogP contribution in [0, 0.1) is 0 Å². The van der Waals surface area contributed by atoms with Crippen LogP contribution in [0.25, 0.3) is 0 Å². The van der Waals surface area contributed by atoms with Crippen LogP contribution in [-0.4, -0.2) is 19.6 Å². The van der Waals surface area contributed by atoms with E-state index in [0.717, 1.165) is 0 Å². The maximum absolute atomic E-state index is 9.63. The van der Waals surface area contributed by atoms with Gasteiger partial charge < -0.3 is 25.7 Å². The van der Waals surface area contributed by atoms with Gasteiger partial charge in [-0.05, 0) is 0 Å². The Balaban J connectivity index is -0.000000320. The second-order valence-corrected chi connectivity index (χ2v) is 3.68. The number of hydrogen-bond donors (Lipinski definition) is 5. The molecule has 0 aliphatic heterocycles. The molecule has 0 fully saturated rings. The van der Waals surface area contributed by atoms with Gasteiger partial charge in [-0.2, -0.15) is 4.31 Å². The van der Waals surface area contributed by atoms with Crippen LogP contribution < -0.4 is 6.15 Å². The molecule has 0 aromatic heterocycles. The predicted molar refractivity (Wildman–Crippen MR) is 34.4 cm³/mol. The molecule has 0 rings (SSSR count). The van der Waals surface area contributed by atoms with E-state index in [2.05, 4.69) is 4.31 Å². The van der Waals surface area contributed by atoms with Gasteiger partial charge >= 0.3 is 32.7 Å². The topological polar surface area (TPSA) is 159 Å². The fourth-order valence-electron chi connectivity index (χ4n) is 0.139. The summed E-state index contributed by atoms with van der Waals surface area (Å²) in [5, 5.41) is 0. The third-order valence-corrected chi connectivity index (χ3v) is 1.91. The van der Waals surface area contributed by atoms with E-state index in [1.807, 2.05) is 0 Å². The van der Waals surface area contributed by atoms with Crippen molar-refractivity contribution in [3.05, 3.63) is 0 Å².